The van der Waals surface area contributed by atoms with Crippen LogP contribution >= 0.6 is 11.6 Å². The normalized spacial score (nSPS) is 15.2. The van der Waals surface area contributed by atoms with Gasteiger partial charge in [-0.05, 0) is 35.9 Å². The SMILES string of the molecule is CC(=O)NC(CC(=O)Nc1cc(C(F)(F)F)ccc1N1CCOCC1)c1ccc(Cl)cc1. The first-order valence-electron chi connectivity index (χ1n) is 10.00. The summed E-state index contributed by atoms with van der Waals surface area (Å²) in [5.74, 6) is -0.877. The number of ether oxygens (including phenoxy) is 1. The molecular weight excluding hydrogens is 447 g/mol. The van der Waals surface area contributed by atoms with E-state index in [1.165, 1.54) is 13.0 Å². The third-order valence-electron chi connectivity index (χ3n) is 4.99. The van der Waals surface area contributed by atoms with Crippen LogP contribution in [-0.4, -0.2) is 38.1 Å². The van der Waals surface area contributed by atoms with Gasteiger partial charge in [-0.3, -0.25) is 9.59 Å². The summed E-state index contributed by atoms with van der Waals surface area (Å²) in [4.78, 5) is 26.3. The molecule has 1 heterocycles. The maximum absolute atomic E-state index is 13.3. The summed E-state index contributed by atoms with van der Waals surface area (Å²) in [5, 5.41) is 5.80. The van der Waals surface area contributed by atoms with Crippen molar-refractivity contribution in [1.29, 1.82) is 0 Å². The van der Waals surface area contributed by atoms with E-state index in [1.54, 1.807) is 24.3 Å². The number of morpholine rings is 1. The lowest BCUT2D eigenvalue weighted by Gasteiger charge is -2.31. The summed E-state index contributed by atoms with van der Waals surface area (Å²) in [7, 11) is 0. The van der Waals surface area contributed by atoms with Crippen LogP contribution < -0.4 is 15.5 Å². The van der Waals surface area contributed by atoms with Crippen LogP contribution in [0, 0.1) is 0 Å². The van der Waals surface area contributed by atoms with Crippen LogP contribution in [0.3, 0.4) is 0 Å². The number of nitrogens with one attached hydrogen (secondary N) is 2. The second-order valence-corrected chi connectivity index (χ2v) is 7.82. The smallest absolute Gasteiger partial charge is 0.378 e. The fraction of sp³-hybridized carbons (Fsp3) is 0.364. The lowest BCUT2D eigenvalue weighted by Crippen LogP contribution is -2.37. The summed E-state index contributed by atoms with van der Waals surface area (Å²) >= 11 is 5.91. The Kier molecular flexibility index (Phi) is 7.63. The Morgan fingerprint density at radius 3 is 2.38 bits per heavy atom. The number of nitrogens with zero attached hydrogens (tertiary/aromatic N) is 1. The summed E-state index contributed by atoms with van der Waals surface area (Å²) in [6.07, 6.45) is -4.72. The van der Waals surface area contributed by atoms with Gasteiger partial charge in [0.25, 0.3) is 0 Å². The number of rotatable bonds is 6. The largest absolute Gasteiger partial charge is 0.416 e. The van der Waals surface area contributed by atoms with Crippen molar-refractivity contribution in [2.75, 3.05) is 36.5 Å². The lowest BCUT2D eigenvalue weighted by atomic mass is 10.0. The van der Waals surface area contributed by atoms with E-state index in [0.717, 1.165) is 12.1 Å². The average Bonchev–Trinajstić information content (AvgIpc) is 2.73. The van der Waals surface area contributed by atoms with Crippen LogP contribution in [-0.2, 0) is 20.5 Å². The number of hydrogen-bond donors (Lipinski definition) is 2. The highest BCUT2D eigenvalue weighted by Crippen LogP contribution is 2.36. The van der Waals surface area contributed by atoms with E-state index in [9.17, 15) is 22.8 Å². The molecule has 32 heavy (non-hydrogen) atoms. The fourth-order valence-electron chi connectivity index (χ4n) is 3.47. The molecule has 0 radical (unpaired) electrons. The summed E-state index contributed by atoms with van der Waals surface area (Å²) in [6, 6.07) is 9.24. The zero-order valence-corrected chi connectivity index (χ0v) is 18.1. The van der Waals surface area contributed by atoms with Crippen molar-refractivity contribution in [3.63, 3.8) is 0 Å². The molecule has 2 aromatic rings. The molecule has 6 nitrogen and oxygen atoms in total. The first kappa shape index (κ1) is 23.9. The molecule has 2 N–H and O–H groups in total. The van der Waals surface area contributed by atoms with E-state index in [1.807, 2.05) is 4.90 Å². The van der Waals surface area contributed by atoms with Gasteiger partial charge in [0.1, 0.15) is 0 Å². The van der Waals surface area contributed by atoms with Crippen LogP contribution in [0.1, 0.15) is 30.5 Å². The molecule has 10 heteroatoms. The van der Waals surface area contributed by atoms with Crippen LogP contribution in [0.25, 0.3) is 0 Å². The predicted octanol–water partition coefficient (Wildman–Crippen LogP) is 4.40. The molecule has 0 saturated carbocycles. The number of hydrogen-bond acceptors (Lipinski definition) is 4. The minimum Gasteiger partial charge on any atom is -0.378 e. The molecule has 172 valence electrons. The minimum absolute atomic E-state index is 0.0596. The molecule has 0 spiro atoms. The van der Waals surface area contributed by atoms with E-state index in [-0.39, 0.29) is 18.0 Å². The summed E-state index contributed by atoms with van der Waals surface area (Å²) < 4.78 is 45.2. The molecule has 2 amide bonds. The van der Waals surface area contributed by atoms with E-state index in [0.29, 0.717) is 42.6 Å². The topological polar surface area (TPSA) is 70.7 Å². The Morgan fingerprint density at radius 1 is 1.12 bits per heavy atom. The van der Waals surface area contributed by atoms with Crippen molar-refractivity contribution < 1.29 is 27.5 Å². The second kappa shape index (κ2) is 10.2. The van der Waals surface area contributed by atoms with Crippen LogP contribution in [0.4, 0.5) is 24.5 Å². The number of carbonyl (C=O) groups is 2. The molecule has 1 aliphatic rings. The van der Waals surface area contributed by atoms with Crippen molar-refractivity contribution in [2.45, 2.75) is 25.6 Å². The van der Waals surface area contributed by atoms with Gasteiger partial charge in [-0.1, -0.05) is 23.7 Å². The van der Waals surface area contributed by atoms with Gasteiger partial charge in [-0.2, -0.15) is 13.2 Å². The molecule has 0 aliphatic carbocycles. The maximum Gasteiger partial charge on any atom is 0.416 e. The number of halogens is 4. The molecule has 1 aliphatic heterocycles. The fourth-order valence-corrected chi connectivity index (χ4v) is 3.60. The molecule has 3 rings (SSSR count). The molecular formula is C22H23ClF3N3O3. The van der Waals surface area contributed by atoms with Crippen LogP contribution in [0.15, 0.2) is 42.5 Å². The van der Waals surface area contributed by atoms with E-state index < -0.39 is 23.7 Å². The van der Waals surface area contributed by atoms with Crippen molar-refractivity contribution >= 4 is 34.8 Å². The average molecular weight is 470 g/mol. The Hall–Kier alpha value is -2.78. The Labute approximate surface area is 188 Å². The molecule has 1 unspecified atom stereocenters. The second-order valence-electron chi connectivity index (χ2n) is 7.39. The Morgan fingerprint density at radius 2 is 1.78 bits per heavy atom. The standard InChI is InChI=1S/C22H23ClF3N3O3/c1-14(30)27-18(15-2-5-17(23)6-3-15)13-21(31)28-19-12-16(22(24,25)26)4-7-20(19)29-8-10-32-11-9-29/h2-7,12,18H,8-11,13H2,1H3,(H,27,30)(H,28,31). The van der Waals surface area contributed by atoms with Gasteiger partial charge in [-0.25, -0.2) is 0 Å². The predicted molar refractivity (Wildman–Crippen MR) is 116 cm³/mol. The van der Waals surface area contributed by atoms with E-state index >= 15 is 0 Å². The number of amides is 2. The number of alkyl halides is 3. The van der Waals surface area contributed by atoms with Gasteiger partial charge in [0.15, 0.2) is 0 Å². The van der Waals surface area contributed by atoms with E-state index in [4.69, 9.17) is 16.3 Å². The third-order valence-corrected chi connectivity index (χ3v) is 5.24. The highest BCUT2D eigenvalue weighted by molar-refractivity contribution is 6.30. The molecule has 0 bridgehead atoms. The Bertz CT molecular complexity index is 961. The number of benzene rings is 2. The molecule has 0 aromatic heterocycles. The van der Waals surface area contributed by atoms with Gasteiger partial charge in [0.2, 0.25) is 11.8 Å². The Balaban J connectivity index is 1.84. The quantitative estimate of drug-likeness (QED) is 0.658. The van der Waals surface area contributed by atoms with Crippen LogP contribution in [0.5, 0.6) is 0 Å². The summed E-state index contributed by atoms with van der Waals surface area (Å²) in [6.45, 7) is 3.19. The molecule has 1 fully saturated rings. The highest BCUT2D eigenvalue weighted by Gasteiger charge is 2.32. The molecule has 1 atom stereocenters. The van der Waals surface area contributed by atoms with Crippen molar-refractivity contribution in [3.05, 3.63) is 58.6 Å². The van der Waals surface area contributed by atoms with Gasteiger partial charge in [-0.15, -0.1) is 0 Å². The van der Waals surface area contributed by atoms with Crippen molar-refractivity contribution in [3.8, 4) is 0 Å². The van der Waals surface area contributed by atoms with Gasteiger partial charge in [0, 0.05) is 25.0 Å². The van der Waals surface area contributed by atoms with Gasteiger partial charge >= 0.3 is 6.18 Å². The zero-order valence-electron chi connectivity index (χ0n) is 17.3. The monoisotopic (exact) mass is 469 g/mol. The molecule has 1 saturated heterocycles. The first-order valence-corrected chi connectivity index (χ1v) is 10.4. The van der Waals surface area contributed by atoms with Gasteiger partial charge in [0.05, 0.1) is 42.6 Å². The van der Waals surface area contributed by atoms with Crippen LogP contribution in [0.2, 0.25) is 5.02 Å². The number of anilines is 2. The van der Waals surface area contributed by atoms with E-state index in [2.05, 4.69) is 10.6 Å². The van der Waals surface area contributed by atoms with Crippen molar-refractivity contribution in [2.24, 2.45) is 0 Å². The number of carbonyl (C=O) groups excluding carboxylic acids is 2. The lowest BCUT2D eigenvalue weighted by molar-refractivity contribution is -0.137. The minimum atomic E-state index is -4.55. The summed E-state index contributed by atoms with van der Waals surface area (Å²) in [5.41, 5.74) is 0.333. The van der Waals surface area contributed by atoms with Crippen molar-refractivity contribution in [1.82, 2.24) is 5.32 Å². The zero-order chi connectivity index (χ0) is 23.3. The molecule has 2 aromatic carbocycles. The first-order chi connectivity index (χ1) is 15.1. The third kappa shape index (κ3) is 6.37. The highest BCUT2D eigenvalue weighted by atomic mass is 35.5. The van der Waals surface area contributed by atoms with Gasteiger partial charge < -0.3 is 20.3 Å². The maximum atomic E-state index is 13.3.